The number of fused-ring (bicyclic) bond motifs is 1. The minimum Gasteiger partial charge on any atom is -0.364 e. The third-order valence-electron chi connectivity index (χ3n) is 6.12. The van der Waals surface area contributed by atoms with Gasteiger partial charge in [0.2, 0.25) is 0 Å². The number of likely N-dealkylation sites (tertiary alicyclic amines) is 1. The average Bonchev–Trinajstić information content (AvgIpc) is 3.33. The minimum absolute atomic E-state index is 0.598. The fourth-order valence-corrected chi connectivity index (χ4v) is 5.85. The maximum atomic E-state index is 5.91. The average molecular weight is 373 g/mol. The van der Waals surface area contributed by atoms with E-state index in [9.17, 15) is 0 Å². The van der Waals surface area contributed by atoms with Gasteiger partial charge in [0.05, 0.1) is 4.99 Å². The molecule has 2 aromatic rings. The predicted molar refractivity (Wildman–Crippen MR) is 113 cm³/mol. The smallest absolute Gasteiger partial charge is 0.0824 e. The van der Waals surface area contributed by atoms with Crippen LogP contribution in [0.25, 0.3) is 10.1 Å². The highest BCUT2D eigenvalue weighted by Crippen LogP contribution is 2.30. The van der Waals surface area contributed by atoms with Crippen molar-refractivity contribution in [2.24, 2.45) is 0 Å². The summed E-state index contributed by atoms with van der Waals surface area (Å²) in [5, 5.41) is 3.56. The summed E-state index contributed by atoms with van der Waals surface area (Å²) in [6, 6.07) is 10.2. The second kappa shape index (κ2) is 7.73. The van der Waals surface area contributed by atoms with Crippen LogP contribution in [0.5, 0.6) is 0 Å². The Morgan fingerprint density at radius 2 is 1.96 bits per heavy atom. The molecule has 1 aromatic heterocycles. The molecule has 2 fully saturated rings. The molecule has 0 radical (unpaired) electrons. The largest absolute Gasteiger partial charge is 0.364 e. The van der Waals surface area contributed by atoms with Crippen LogP contribution in [0.2, 0.25) is 0 Å². The van der Waals surface area contributed by atoms with Gasteiger partial charge >= 0.3 is 0 Å². The van der Waals surface area contributed by atoms with E-state index in [0.29, 0.717) is 12.1 Å². The summed E-state index contributed by atoms with van der Waals surface area (Å²) >= 11 is 7.73. The van der Waals surface area contributed by atoms with Gasteiger partial charge in [-0.15, -0.1) is 11.3 Å². The van der Waals surface area contributed by atoms with Gasteiger partial charge in [-0.2, -0.15) is 0 Å². The lowest BCUT2D eigenvalue weighted by Crippen LogP contribution is -2.53. The van der Waals surface area contributed by atoms with Gasteiger partial charge in [-0.05, 0) is 67.2 Å². The summed E-state index contributed by atoms with van der Waals surface area (Å²) < 4.78 is 1.37. The number of thiocarbonyl (C=S) groups is 1. The van der Waals surface area contributed by atoms with Gasteiger partial charge < -0.3 is 4.90 Å². The molecule has 25 heavy (non-hydrogen) atoms. The van der Waals surface area contributed by atoms with E-state index < -0.39 is 0 Å². The summed E-state index contributed by atoms with van der Waals surface area (Å²) in [5.41, 5.74) is 1.38. The highest BCUT2D eigenvalue weighted by Gasteiger charge is 2.34. The molecular weight excluding hydrogens is 344 g/mol. The van der Waals surface area contributed by atoms with Crippen LogP contribution in [0.15, 0.2) is 29.6 Å². The fourth-order valence-electron chi connectivity index (χ4n) is 4.73. The molecule has 1 saturated heterocycles. The molecular formula is C21H28N2S2. The van der Waals surface area contributed by atoms with Gasteiger partial charge in [-0.25, -0.2) is 0 Å². The van der Waals surface area contributed by atoms with Gasteiger partial charge in [-0.3, -0.25) is 4.90 Å². The van der Waals surface area contributed by atoms with E-state index in [1.54, 1.807) is 0 Å². The molecule has 1 aromatic carbocycles. The minimum atomic E-state index is 0.598. The van der Waals surface area contributed by atoms with Crippen molar-refractivity contribution >= 4 is 38.6 Å². The quantitative estimate of drug-likeness (QED) is 0.689. The van der Waals surface area contributed by atoms with Crippen molar-refractivity contribution in [3.63, 3.8) is 0 Å². The number of hydrogen-bond donors (Lipinski definition) is 0. The van der Waals surface area contributed by atoms with Crippen LogP contribution in [0.4, 0.5) is 0 Å². The number of rotatable bonds is 4. The zero-order valence-corrected chi connectivity index (χ0v) is 16.7. The Labute approximate surface area is 160 Å². The summed E-state index contributed by atoms with van der Waals surface area (Å²) in [7, 11) is 2.25. The second-order valence-electron chi connectivity index (χ2n) is 7.59. The Balaban J connectivity index is 1.49. The molecule has 0 amide bonds. The summed E-state index contributed by atoms with van der Waals surface area (Å²) in [5.74, 6) is 0. The Hall–Kier alpha value is -0.970. The molecule has 0 spiro atoms. The summed E-state index contributed by atoms with van der Waals surface area (Å²) in [6.07, 6.45) is 9.00. The van der Waals surface area contributed by atoms with Crippen molar-refractivity contribution in [1.82, 2.24) is 9.80 Å². The molecule has 1 saturated carbocycles. The molecule has 0 bridgehead atoms. The Morgan fingerprint density at radius 1 is 1.16 bits per heavy atom. The van der Waals surface area contributed by atoms with Crippen LogP contribution in [-0.2, 0) is 6.42 Å². The van der Waals surface area contributed by atoms with Crippen LogP contribution in [0.3, 0.4) is 0 Å². The lowest BCUT2D eigenvalue weighted by Gasteiger charge is -2.43. The van der Waals surface area contributed by atoms with Crippen molar-refractivity contribution in [3.05, 3.63) is 35.2 Å². The topological polar surface area (TPSA) is 6.48 Å². The first kappa shape index (κ1) is 17.4. The first-order valence-corrected chi connectivity index (χ1v) is 11.0. The zero-order valence-electron chi connectivity index (χ0n) is 15.1. The highest BCUT2D eigenvalue weighted by molar-refractivity contribution is 7.80. The number of benzene rings is 1. The van der Waals surface area contributed by atoms with E-state index in [-0.39, 0.29) is 0 Å². The maximum Gasteiger partial charge on any atom is 0.0824 e. The molecule has 134 valence electrons. The van der Waals surface area contributed by atoms with Crippen molar-refractivity contribution in [2.45, 2.75) is 57.0 Å². The van der Waals surface area contributed by atoms with Crippen LogP contribution in [-0.4, -0.2) is 47.0 Å². The number of likely N-dealkylation sites (N-methyl/N-ethyl adjacent to an activating group) is 1. The number of nitrogens with zero attached hydrogens (tertiary/aromatic N) is 2. The van der Waals surface area contributed by atoms with Crippen LogP contribution in [0, 0.1) is 0 Å². The third kappa shape index (κ3) is 3.62. The Kier molecular flexibility index (Phi) is 5.39. The first-order valence-electron chi connectivity index (χ1n) is 9.69. The third-order valence-corrected chi connectivity index (χ3v) is 7.44. The molecule has 4 rings (SSSR count). The molecule has 2 aliphatic rings. The van der Waals surface area contributed by atoms with E-state index in [1.165, 1.54) is 67.3 Å². The standard InChI is InChI=1S/C21H28N2S2/c1-22(18-8-2-3-9-19(18)23-12-4-5-13-23)21(24)15-16-7-6-10-20-17(16)11-14-25-20/h6-7,10-11,14,18-19H,2-5,8-9,12-13,15H2,1H3/t18-,19-/m1/s1. The first-order chi connectivity index (χ1) is 12.2. The second-order valence-corrected chi connectivity index (χ2v) is 9.01. The molecule has 0 N–H and O–H groups in total. The summed E-state index contributed by atoms with van der Waals surface area (Å²) in [6.45, 7) is 2.58. The van der Waals surface area contributed by atoms with Crippen LogP contribution < -0.4 is 0 Å². The van der Waals surface area contributed by atoms with E-state index in [0.717, 1.165) is 11.4 Å². The molecule has 2 nitrogen and oxygen atoms in total. The van der Waals surface area contributed by atoms with Gasteiger partial charge in [0.25, 0.3) is 0 Å². The molecule has 0 unspecified atom stereocenters. The number of thiophene rings is 1. The van der Waals surface area contributed by atoms with Gasteiger partial charge in [0.15, 0.2) is 0 Å². The van der Waals surface area contributed by atoms with E-state index in [2.05, 4.69) is 46.5 Å². The lowest BCUT2D eigenvalue weighted by molar-refractivity contribution is 0.111. The summed E-state index contributed by atoms with van der Waals surface area (Å²) in [4.78, 5) is 6.29. The molecule has 1 aliphatic carbocycles. The van der Waals surface area contributed by atoms with Crippen molar-refractivity contribution in [2.75, 3.05) is 20.1 Å². The molecule has 1 aliphatic heterocycles. The SMILES string of the molecule is CN(C(=S)Cc1cccc2sccc12)[C@@H]1CCCC[C@H]1N1CCCC1. The van der Waals surface area contributed by atoms with E-state index in [4.69, 9.17) is 12.2 Å². The van der Waals surface area contributed by atoms with Crippen LogP contribution >= 0.6 is 23.6 Å². The van der Waals surface area contributed by atoms with Crippen LogP contribution in [0.1, 0.15) is 44.1 Å². The molecule has 2 atom stereocenters. The lowest BCUT2D eigenvalue weighted by atomic mass is 9.88. The fraction of sp³-hybridized carbons (Fsp3) is 0.571. The zero-order chi connectivity index (χ0) is 17.2. The van der Waals surface area contributed by atoms with Gasteiger partial charge in [0.1, 0.15) is 0 Å². The van der Waals surface area contributed by atoms with Gasteiger partial charge in [-0.1, -0.05) is 37.2 Å². The monoisotopic (exact) mass is 372 g/mol. The molecule has 4 heteroatoms. The Morgan fingerprint density at radius 3 is 2.80 bits per heavy atom. The van der Waals surface area contributed by atoms with E-state index >= 15 is 0 Å². The normalized spacial score (nSPS) is 24.7. The number of hydrogen-bond acceptors (Lipinski definition) is 3. The van der Waals surface area contributed by atoms with Gasteiger partial charge in [0, 0.05) is 30.3 Å². The van der Waals surface area contributed by atoms with E-state index in [1.807, 2.05) is 11.3 Å². The maximum absolute atomic E-state index is 5.91. The van der Waals surface area contributed by atoms with Crippen molar-refractivity contribution in [1.29, 1.82) is 0 Å². The Bertz CT molecular complexity index is 732. The van der Waals surface area contributed by atoms with Crippen molar-refractivity contribution < 1.29 is 0 Å². The highest BCUT2D eigenvalue weighted by atomic mass is 32.1. The molecule has 2 heterocycles. The van der Waals surface area contributed by atoms with Crippen molar-refractivity contribution in [3.8, 4) is 0 Å². The predicted octanol–water partition coefficient (Wildman–Crippen LogP) is 5.11.